The summed E-state index contributed by atoms with van der Waals surface area (Å²) in [5, 5.41) is 1.37. The second-order valence-corrected chi connectivity index (χ2v) is 5.75. The van der Waals surface area contributed by atoms with Gasteiger partial charge in [-0.05, 0) is 30.3 Å². The molecule has 0 saturated heterocycles. The molecule has 19 heavy (non-hydrogen) atoms. The van der Waals surface area contributed by atoms with Crippen LogP contribution in [-0.2, 0) is 6.54 Å². The number of aromatic nitrogens is 1. The quantitative estimate of drug-likeness (QED) is 0.799. The predicted molar refractivity (Wildman–Crippen MR) is 76.3 cm³/mol. The molecular formula is C14H10ClNO2S. The Hall–Kier alpha value is -1.52. The molecule has 0 radical (unpaired) electrons. The molecule has 2 aromatic rings. The van der Waals surface area contributed by atoms with Gasteiger partial charge in [0.15, 0.2) is 5.78 Å². The van der Waals surface area contributed by atoms with Crippen molar-refractivity contribution >= 4 is 29.1 Å². The average Bonchev–Trinajstić information content (AvgIpc) is 2.89. The number of halogens is 1. The molecule has 0 fully saturated rings. The van der Waals surface area contributed by atoms with Crippen molar-refractivity contribution in [2.45, 2.75) is 11.6 Å². The third kappa shape index (κ3) is 2.22. The molecule has 0 amide bonds. The Labute approximate surface area is 119 Å². The number of pyridine rings is 1. The third-order valence-electron chi connectivity index (χ3n) is 3.04. The van der Waals surface area contributed by atoms with Gasteiger partial charge in [0.2, 0.25) is 0 Å². The van der Waals surface area contributed by atoms with Crippen LogP contribution in [0.5, 0.6) is 0 Å². The lowest BCUT2D eigenvalue weighted by atomic mass is 10.1. The Morgan fingerprint density at radius 3 is 2.63 bits per heavy atom. The van der Waals surface area contributed by atoms with Crippen molar-refractivity contribution in [2.75, 3.05) is 5.75 Å². The number of benzene rings is 1. The normalized spacial score (nSPS) is 13.3. The smallest absolute Gasteiger partial charge is 0.251 e. The number of nitrogens with zero attached hydrogens (tertiary/aromatic N) is 1. The maximum atomic E-state index is 12.5. The monoisotopic (exact) mass is 291 g/mol. The molecule has 2 heterocycles. The lowest BCUT2D eigenvalue weighted by Crippen LogP contribution is -2.20. The molecule has 3 nitrogen and oxygen atoms in total. The minimum absolute atomic E-state index is 0.0485. The second kappa shape index (κ2) is 4.87. The van der Waals surface area contributed by atoms with E-state index in [-0.39, 0.29) is 11.3 Å². The summed E-state index contributed by atoms with van der Waals surface area (Å²) in [5.41, 5.74) is 1.12. The predicted octanol–water partition coefficient (Wildman–Crippen LogP) is 2.84. The SMILES string of the molecule is O=C(c1ccc(Cl)cc1)c1ccc(=O)n2c1SCC2. The van der Waals surface area contributed by atoms with Gasteiger partial charge in [0.1, 0.15) is 0 Å². The highest BCUT2D eigenvalue weighted by Gasteiger charge is 2.21. The Morgan fingerprint density at radius 1 is 1.16 bits per heavy atom. The summed E-state index contributed by atoms with van der Waals surface area (Å²) >= 11 is 7.37. The molecule has 0 unspecified atom stereocenters. The molecule has 0 atom stereocenters. The topological polar surface area (TPSA) is 39.1 Å². The highest BCUT2D eigenvalue weighted by molar-refractivity contribution is 7.99. The van der Waals surface area contributed by atoms with Gasteiger partial charge in [0.25, 0.3) is 5.56 Å². The van der Waals surface area contributed by atoms with Gasteiger partial charge in [-0.15, -0.1) is 11.8 Å². The Bertz CT molecular complexity index is 706. The van der Waals surface area contributed by atoms with E-state index in [0.29, 0.717) is 22.7 Å². The van der Waals surface area contributed by atoms with Crippen molar-refractivity contribution in [3.05, 3.63) is 62.9 Å². The standard InChI is InChI=1S/C14H10ClNO2S/c15-10-3-1-9(2-4-10)13(18)11-5-6-12(17)16-7-8-19-14(11)16/h1-6H,7-8H2. The fraction of sp³-hybridized carbons (Fsp3) is 0.143. The zero-order valence-electron chi connectivity index (χ0n) is 9.93. The summed E-state index contributed by atoms with van der Waals surface area (Å²) in [6, 6.07) is 9.86. The van der Waals surface area contributed by atoms with Gasteiger partial charge in [-0.3, -0.25) is 9.59 Å². The molecule has 0 aliphatic carbocycles. The maximum absolute atomic E-state index is 12.5. The summed E-state index contributed by atoms with van der Waals surface area (Å²) < 4.78 is 1.66. The van der Waals surface area contributed by atoms with Gasteiger partial charge in [-0.1, -0.05) is 11.6 Å². The number of carbonyl (C=O) groups excluding carboxylic acids is 1. The fourth-order valence-electron chi connectivity index (χ4n) is 2.09. The molecule has 1 aliphatic heterocycles. The highest BCUT2D eigenvalue weighted by atomic mass is 35.5. The first-order chi connectivity index (χ1) is 9.16. The van der Waals surface area contributed by atoms with Gasteiger partial charge in [0, 0.05) is 29.0 Å². The first-order valence-electron chi connectivity index (χ1n) is 5.84. The number of fused-ring (bicyclic) bond motifs is 1. The summed E-state index contributed by atoms with van der Waals surface area (Å²) in [6.45, 7) is 0.667. The van der Waals surface area contributed by atoms with E-state index in [1.165, 1.54) is 6.07 Å². The third-order valence-corrected chi connectivity index (χ3v) is 4.39. The molecule has 3 rings (SSSR count). The van der Waals surface area contributed by atoms with Crippen LogP contribution in [0.4, 0.5) is 0 Å². The summed E-state index contributed by atoms with van der Waals surface area (Å²) in [4.78, 5) is 24.1. The molecule has 5 heteroatoms. The Kier molecular flexibility index (Phi) is 3.21. The first kappa shape index (κ1) is 12.5. The molecule has 1 aromatic heterocycles. The van der Waals surface area contributed by atoms with Crippen molar-refractivity contribution in [3.8, 4) is 0 Å². The summed E-state index contributed by atoms with van der Waals surface area (Å²) in [7, 11) is 0. The lowest BCUT2D eigenvalue weighted by Gasteiger charge is -2.07. The van der Waals surface area contributed by atoms with Crippen LogP contribution in [-0.4, -0.2) is 16.1 Å². The van der Waals surface area contributed by atoms with Crippen molar-refractivity contribution in [1.82, 2.24) is 4.57 Å². The minimum Gasteiger partial charge on any atom is -0.302 e. The number of hydrogen-bond acceptors (Lipinski definition) is 3. The van der Waals surface area contributed by atoms with E-state index < -0.39 is 0 Å². The zero-order valence-corrected chi connectivity index (χ0v) is 11.5. The van der Waals surface area contributed by atoms with E-state index >= 15 is 0 Å². The maximum Gasteiger partial charge on any atom is 0.251 e. The van der Waals surface area contributed by atoms with Gasteiger partial charge < -0.3 is 4.57 Å². The number of hydrogen-bond donors (Lipinski definition) is 0. The average molecular weight is 292 g/mol. The molecule has 0 N–H and O–H groups in total. The largest absolute Gasteiger partial charge is 0.302 e. The fourth-order valence-corrected chi connectivity index (χ4v) is 3.34. The molecule has 1 aliphatic rings. The van der Waals surface area contributed by atoms with E-state index in [1.807, 2.05) is 0 Å². The van der Waals surface area contributed by atoms with E-state index in [2.05, 4.69) is 0 Å². The van der Waals surface area contributed by atoms with E-state index in [4.69, 9.17) is 11.6 Å². The highest BCUT2D eigenvalue weighted by Crippen LogP contribution is 2.28. The van der Waals surface area contributed by atoms with Crippen LogP contribution >= 0.6 is 23.4 Å². The molecule has 96 valence electrons. The van der Waals surface area contributed by atoms with Crippen LogP contribution in [0, 0.1) is 0 Å². The Morgan fingerprint density at radius 2 is 1.89 bits per heavy atom. The van der Waals surface area contributed by atoms with Crippen LogP contribution in [0.2, 0.25) is 5.02 Å². The number of ketones is 1. The van der Waals surface area contributed by atoms with E-state index in [1.54, 1.807) is 46.7 Å². The van der Waals surface area contributed by atoms with Gasteiger partial charge >= 0.3 is 0 Å². The minimum atomic E-state index is -0.0742. The first-order valence-corrected chi connectivity index (χ1v) is 7.20. The van der Waals surface area contributed by atoms with Crippen LogP contribution in [0.25, 0.3) is 0 Å². The molecular weight excluding hydrogens is 282 g/mol. The molecule has 0 bridgehead atoms. The van der Waals surface area contributed by atoms with Crippen LogP contribution < -0.4 is 5.56 Å². The lowest BCUT2D eigenvalue weighted by molar-refractivity contribution is 0.103. The van der Waals surface area contributed by atoms with Crippen molar-refractivity contribution in [1.29, 1.82) is 0 Å². The molecule has 1 aromatic carbocycles. The van der Waals surface area contributed by atoms with Gasteiger partial charge in [0.05, 0.1) is 10.6 Å². The Balaban J connectivity index is 2.08. The van der Waals surface area contributed by atoms with Crippen LogP contribution in [0.1, 0.15) is 15.9 Å². The van der Waals surface area contributed by atoms with Crippen molar-refractivity contribution in [2.24, 2.45) is 0 Å². The van der Waals surface area contributed by atoms with Crippen LogP contribution in [0.3, 0.4) is 0 Å². The zero-order chi connectivity index (χ0) is 13.4. The summed E-state index contributed by atoms with van der Waals surface area (Å²) in [5.74, 6) is 0.759. The summed E-state index contributed by atoms with van der Waals surface area (Å²) in [6.07, 6.45) is 0. The molecule has 0 saturated carbocycles. The van der Waals surface area contributed by atoms with Crippen molar-refractivity contribution < 1.29 is 4.79 Å². The van der Waals surface area contributed by atoms with Crippen molar-refractivity contribution in [3.63, 3.8) is 0 Å². The van der Waals surface area contributed by atoms with Gasteiger partial charge in [-0.2, -0.15) is 0 Å². The number of rotatable bonds is 2. The number of thioether (sulfide) groups is 1. The van der Waals surface area contributed by atoms with E-state index in [9.17, 15) is 9.59 Å². The van der Waals surface area contributed by atoms with Crippen LogP contribution in [0.15, 0.2) is 46.2 Å². The second-order valence-electron chi connectivity index (χ2n) is 4.23. The molecule has 0 spiro atoms. The van der Waals surface area contributed by atoms with E-state index in [0.717, 1.165) is 10.8 Å². The number of carbonyl (C=O) groups is 1. The van der Waals surface area contributed by atoms with Gasteiger partial charge in [-0.25, -0.2) is 0 Å².